The van der Waals surface area contributed by atoms with Gasteiger partial charge in [0.25, 0.3) is 0 Å². The van der Waals surface area contributed by atoms with E-state index in [0.717, 1.165) is 5.56 Å². The van der Waals surface area contributed by atoms with E-state index < -0.39 is 17.5 Å². The summed E-state index contributed by atoms with van der Waals surface area (Å²) in [7, 11) is 0. The monoisotopic (exact) mass is 292 g/mol. The predicted octanol–water partition coefficient (Wildman–Crippen LogP) is 2.44. The fourth-order valence-electron chi connectivity index (χ4n) is 2.61. The number of esters is 2. The molecule has 0 aliphatic carbocycles. The Hall–Kier alpha value is -2.04. The number of rotatable bonds is 5. The van der Waals surface area contributed by atoms with Crippen LogP contribution >= 0.6 is 0 Å². The molecular formula is C16H20O5. The highest BCUT2D eigenvalue weighted by Crippen LogP contribution is 2.47. The molecule has 0 amide bonds. The number of benzene rings is 1. The van der Waals surface area contributed by atoms with Gasteiger partial charge in [-0.3, -0.25) is 4.79 Å². The Labute approximate surface area is 124 Å². The van der Waals surface area contributed by atoms with Crippen LogP contribution in [0.15, 0.2) is 24.3 Å². The number of carbonyl (C=O) groups is 2. The summed E-state index contributed by atoms with van der Waals surface area (Å²) in [5.74, 6) is -0.608. The van der Waals surface area contributed by atoms with Gasteiger partial charge in [-0.2, -0.15) is 0 Å². The van der Waals surface area contributed by atoms with Crippen LogP contribution in [-0.2, 0) is 19.1 Å². The maximum absolute atomic E-state index is 12.3. The molecule has 1 aliphatic heterocycles. The molecule has 0 spiro atoms. The first-order valence-electron chi connectivity index (χ1n) is 7.13. The van der Waals surface area contributed by atoms with Gasteiger partial charge in [0.15, 0.2) is 0 Å². The van der Waals surface area contributed by atoms with Crippen molar-refractivity contribution in [3.63, 3.8) is 0 Å². The fraction of sp³-hybridized carbons (Fsp3) is 0.500. The van der Waals surface area contributed by atoms with Crippen molar-refractivity contribution in [3.05, 3.63) is 29.8 Å². The standard InChI is InChI=1S/C16H20O5/c1-4-19-14(17)10-12-11-8-6-7-9-13(11)21-16(12,3)15(18)20-5-2/h6-9,12H,4-5,10H2,1-3H3/t12-,16-/m1/s1. The highest BCUT2D eigenvalue weighted by atomic mass is 16.6. The second kappa shape index (κ2) is 6.16. The van der Waals surface area contributed by atoms with Crippen molar-refractivity contribution < 1.29 is 23.8 Å². The summed E-state index contributed by atoms with van der Waals surface area (Å²) in [6.07, 6.45) is 0.0835. The minimum Gasteiger partial charge on any atom is -0.475 e. The topological polar surface area (TPSA) is 61.8 Å². The van der Waals surface area contributed by atoms with Crippen molar-refractivity contribution in [2.75, 3.05) is 13.2 Å². The van der Waals surface area contributed by atoms with Crippen molar-refractivity contribution in [2.45, 2.75) is 38.7 Å². The SMILES string of the molecule is CCOC(=O)C[C@@H]1c2ccccc2O[C@@]1(C)C(=O)OCC. The summed E-state index contributed by atoms with van der Waals surface area (Å²) in [6, 6.07) is 7.34. The third-order valence-electron chi connectivity index (χ3n) is 3.64. The Morgan fingerprint density at radius 2 is 1.86 bits per heavy atom. The first-order valence-corrected chi connectivity index (χ1v) is 7.13. The molecule has 1 aromatic rings. The summed E-state index contributed by atoms with van der Waals surface area (Å²) < 4.78 is 15.9. The summed E-state index contributed by atoms with van der Waals surface area (Å²) >= 11 is 0. The highest BCUT2D eigenvalue weighted by Gasteiger charge is 2.52. The zero-order chi connectivity index (χ0) is 15.5. The molecule has 1 aliphatic rings. The molecule has 0 saturated carbocycles. The van der Waals surface area contributed by atoms with Crippen LogP contribution in [0.25, 0.3) is 0 Å². The van der Waals surface area contributed by atoms with E-state index in [4.69, 9.17) is 14.2 Å². The number of hydrogen-bond acceptors (Lipinski definition) is 5. The lowest BCUT2D eigenvalue weighted by atomic mass is 9.83. The van der Waals surface area contributed by atoms with E-state index in [9.17, 15) is 9.59 Å². The normalized spacial score (nSPS) is 23.1. The molecule has 0 unspecified atom stereocenters. The van der Waals surface area contributed by atoms with Gasteiger partial charge in [0.2, 0.25) is 5.60 Å². The van der Waals surface area contributed by atoms with E-state index in [1.807, 2.05) is 18.2 Å². The Morgan fingerprint density at radius 1 is 1.19 bits per heavy atom. The molecule has 5 nitrogen and oxygen atoms in total. The van der Waals surface area contributed by atoms with E-state index in [2.05, 4.69) is 0 Å². The molecule has 5 heteroatoms. The maximum atomic E-state index is 12.3. The molecule has 0 bridgehead atoms. The van der Waals surface area contributed by atoms with E-state index in [1.54, 1.807) is 26.8 Å². The highest BCUT2D eigenvalue weighted by molar-refractivity contribution is 5.84. The average Bonchev–Trinajstić information content (AvgIpc) is 2.74. The summed E-state index contributed by atoms with van der Waals surface area (Å²) in [4.78, 5) is 24.1. The number of ether oxygens (including phenoxy) is 3. The van der Waals surface area contributed by atoms with Crippen LogP contribution in [0.2, 0.25) is 0 Å². The Morgan fingerprint density at radius 3 is 2.52 bits per heavy atom. The predicted molar refractivity (Wildman–Crippen MR) is 76.1 cm³/mol. The minimum absolute atomic E-state index is 0.0835. The van der Waals surface area contributed by atoms with Crippen LogP contribution in [0.5, 0.6) is 5.75 Å². The van der Waals surface area contributed by atoms with Crippen LogP contribution in [0.3, 0.4) is 0 Å². The molecular weight excluding hydrogens is 272 g/mol. The zero-order valence-electron chi connectivity index (χ0n) is 12.5. The first-order chi connectivity index (χ1) is 10.0. The van der Waals surface area contributed by atoms with Crippen molar-refractivity contribution in [1.82, 2.24) is 0 Å². The van der Waals surface area contributed by atoms with E-state index >= 15 is 0 Å². The van der Waals surface area contributed by atoms with Gasteiger partial charge in [0.1, 0.15) is 5.75 Å². The van der Waals surface area contributed by atoms with Crippen molar-refractivity contribution in [1.29, 1.82) is 0 Å². The number of hydrogen-bond donors (Lipinski definition) is 0. The molecule has 1 aromatic carbocycles. The van der Waals surface area contributed by atoms with Crippen LogP contribution in [0.4, 0.5) is 0 Å². The van der Waals surface area contributed by atoms with Crippen LogP contribution in [-0.4, -0.2) is 30.8 Å². The third-order valence-corrected chi connectivity index (χ3v) is 3.64. The second-order valence-electron chi connectivity index (χ2n) is 5.03. The lowest BCUT2D eigenvalue weighted by Crippen LogP contribution is -2.45. The van der Waals surface area contributed by atoms with Gasteiger partial charge in [0.05, 0.1) is 19.6 Å². The lowest BCUT2D eigenvalue weighted by molar-refractivity contribution is -0.161. The van der Waals surface area contributed by atoms with E-state index in [1.165, 1.54) is 0 Å². The molecule has 0 aromatic heterocycles. The summed E-state index contributed by atoms with van der Waals surface area (Å²) in [5, 5.41) is 0. The lowest BCUT2D eigenvalue weighted by Gasteiger charge is -2.27. The molecule has 1 heterocycles. The molecule has 0 fully saturated rings. The molecule has 0 N–H and O–H groups in total. The van der Waals surface area contributed by atoms with Crippen LogP contribution in [0.1, 0.15) is 38.7 Å². The fourth-order valence-corrected chi connectivity index (χ4v) is 2.61. The van der Waals surface area contributed by atoms with Gasteiger partial charge in [0, 0.05) is 11.5 Å². The van der Waals surface area contributed by atoms with Crippen LogP contribution < -0.4 is 4.74 Å². The molecule has 0 saturated heterocycles. The van der Waals surface area contributed by atoms with Gasteiger partial charge < -0.3 is 14.2 Å². The van der Waals surface area contributed by atoms with E-state index in [0.29, 0.717) is 12.4 Å². The Balaban J connectivity index is 2.33. The zero-order valence-corrected chi connectivity index (χ0v) is 12.5. The molecule has 21 heavy (non-hydrogen) atoms. The van der Waals surface area contributed by atoms with Gasteiger partial charge in [-0.15, -0.1) is 0 Å². The molecule has 114 valence electrons. The number of fused-ring (bicyclic) bond motifs is 1. The summed E-state index contributed by atoms with van der Waals surface area (Å²) in [5.41, 5.74) is -0.368. The average molecular weight is 292 g/mol. The van der Waals surface area contributed by atoms with Crippen molar-refractivity contribution in [2.24, 2.45) is 0 Å². The van der Waals surface area contributed by atoms with E-state index in [-0.39, 0.29) is 19.0 Å². The summed E-state index contributed by atoms with van der Waals surface area (Å²) in [6.45, 7) is 5.73. The minimum atomic E-state index is -1.20. The first kappa shape index (κ1) is 15.4. The molecule has 0 radical (unpaired) electrons. The Kier molecular flexibility index (Phi) is 4.50. The number of para-hydroxylation sites is 1. The van der Waals surface area contributed by atoms with Crippen LogP contribution in [0, 0.1) is 0 Å². The van der Waals surface area contributed by atoms with Gasteiger partial charge in [-0.25, -0.2) is 4.79 Å². The Bertz CT molecular complexity index is 539. The number of carbonyl (C=O) groups excluding carboxylic acids is 2. The quantitative estimate of drug-likeness (QED) is 0.780. The smallest absolute Gasteiger partial charge is 0.350 e. The molecule has 2 atom stereocenters. The van der Waals surface area contributed by atoms with Gasteiger partial charge in [-0.1, -0.05) is 18.2 Å². The largest absolute Gasteiger partial charge is 0.475 e. The van der Waals surface area contributed by atoms with Crippen molar-refractivity contribution >= 4 is 11.9 Å². The maximum Gasteiger partial charge on any atom is 0.350 e. The van der Waals surface area contributed by atoms with Gasteiger partial charge in [-0.05, 0) is 26.8 Å². The van der Waals surface area contributed by atoms with Gasteiger partial charge >= 0.3 is 11.9 Å². The second-order valence-corrected chi connectivity index (χ2v) is 5.03. The van der Waals surface area contributed by atoms with Crippen molar-refractivity contribution in [3.8, 4) is 5.75 Å². The third kappa shape index (κ3) is 2.86. The molecule has 2 rings (SSSR count).